The molecule has 1 heterocycles. The number of methoxy groups -OCH3 is 2. The molecule has 0 aliphatic heterocycles. The Morgan fingerprint density at radius 3 is 2.67 bits per heavy atom. The van der Waals surface area contributed by atoms with Crippen molar-refractivity contribution < 1.29 is 19.0 Å². The van der Waals surface area contributed by atoms with E-state index in [1.54, 1.807) is 24.4 Å². The Morgan fingerprint density at radius 2 is 1.88 bits per heavy atom. The molecule has 0 aliphatic carbocycles. The topological polar surface area (TPSA) is 57.7 Å². The fourth-order valence-corrected chi connectivity index (χ4v) is 2.47. The normalized spacial score (nSPS) is 10.4. The molecule has 0 saturated heterocycles. The van der Waals surface area contributed by atoms with Gasteiger partial charge >= 0.3 is 5.97 Å². The summed E-state index contributed by atoms with van der Waals surface area (Å²) in [6.45, 7) is 0.349. The standard InChI is InChI=1S/C19H17NO4/c1-22-17-11-14(19(21)23-2)8-9-16(17)24-12-15-6-3-5-13-7-4-10-20-18(13)15/h3-11H,12H2,1-2H3. The summed E-state index contributed by atoms with van der Waals surface area (Å²) in [5.74, 6) is 0.613. The maximum atomic E-state index is 11.6. The van der Waals surface area contributed by atoms with E-state index in [1.165, 1.54) is 14.2 Å². The van der Waals surface area contributed by atoms with Crippen LogP contribution in [0.3, 0.4) is 0 Å². The summed E-state index contributed by atoms with van der Waals surface area (Å²) in [5, 5.41) is 1.06. The third kappa shape index (κ3) is 3.15. The number of fused-ring (bicyclic) bond motifs is 1. The zero-order valence-electron chi connectivity index (χ0n) is 13.5. The number of hydrogen-bond donors (Lipinski definition) is 0. The Kier molecular flexibility index (Phi) is 4.61. The van der Waals surface area contributed by atoms with E-state index in [-0.39, 0.29) is 0 Å². The molecule has 0 N–H and O–H groups in total. The Labute approximate surface area is 139 Å². The molecule has 0 atom stereocenters. The van der Waals surface area contributed by atoms with Crippen molar-refractivity contribution >= 4 is 16.9 Å². The van der Waals surface area contributed by atoms with Gasteiger partial charge in [-0.15, -0.1) is 0 Å². The minimum atomic E-state index is -0.418. The quantitative estimate of drug-likeness (QED) is 0.671. The lowest BCUT2D eigenvalue weighted by atomic mass is 10.1. The number of nitrogens with zero attached hydrogens (tertiary/aromatic N) is 1. The predicted octanol–water partition coefficient (Wildman–Crippen LogP) is 3.61. The number of benzene rings is 2. The number of ether oxygens (including phenoxy) is 3. The van der Waals surface area contributed by atoms with E-state index in [0.717, 1.165) is 16.5 Å². The van der Waals surface area contributed by atoms with Gasteiger partial charge < -0.3 is 14.2 Å². The van der Waals surface area contributed by atoms with Gasteiger partial charge in [-0.2, -0.15) is 0 Å². The zero-order valence-corrected chi connectivity index (χ0v) is 13.5. The van der Waals surface area contributed by atoms with Crippen LogP contribution in [0.2, 0.25) is 0 Å². The molecule has 0 saturated carbocycles. The first-order chi connectivity index (χ1) is 11.7. The lowest BCUT2D eigenvalue weighted by molar-refractivity contribution is 0.0600. The maximum Gasteiger partial charge on any atom is 0.337 e. The van der Waals surface area contributed by atoms with Gasteiger partial charge in [0.1, 0.15) is 6.61 Å². The number of rotatable bonds is 5. The number of esters is 1. The molecular formula is C19H17NO4. The summed E-state index contributed by atoms with van der Waals surface area (Å²) in [4.78, 5) is 16.0. The summed E-state index contributed by atoms with van der Waals surface area (Å²) in [6.07, 6.45) is 1.76. The van der Waals surface area contributed by atoms with E-state index < -0.39 is 5.97 Å². The number of carbonyl (C=O) groups is 1. The summed E-state index contributed by atoms with van der Waals surface area (Å²) < 4.78 is 15.9. The third-order valence-corrected chi connectivity index (χ3v) is 3.68. The highest BCUT2D eigenvalue weighted by Crippen LogP contribution is 2.29. The Hall–Kier alpha value is -3.08. The first-order valence-corrected chi connectivity index (χ1v) is 7.44. The first kappa shape index (κ1) is 15.8. The van der Waals surface area contributed by atoms with Gasteiger partial charge in [0, 0.05) is 17.1 Å². The van der Waals surface area contributed by atoms with Gasteiger partial charge in [-0.25, -0.2) is 4.79 Å². The second-order valence-corrected chi connectivity index (χ2v) is 5.14. The highest BCUT2D eigenvalue weighted by molar-refractivity contribution is 5.90. The molecule has 3 aromatic rings. The van der Waals surface area contributed by atoms with Crippen molar-refractivity contribution in [3.63, 3.8) is 0 Å². The highest BCUT2D eigenvalue weighted by atomic mass is 16.5. The monoisotopic (exact) mass is 323 g/mol. The third-order valence-electron chi connectivity index (χ3n) is 3.68. The van der Waals surface area contributed by atoms with Gasteiger partial charge in [-0.1, -0.05) is 24.3 Å². The van der Waals surface area contributed by atoms with Gasteiger partial charge in [-0.3, -0.25) is 4.98 Å². The summed E-state index contributed by atoms with van der Waals surface area (Å²) in [7, 11) is 2.87. The first-order valence-electron chi connectivity index (χ1n) is 7.44. The van der Waals surface area contributed by atoms with Crippen LogP contribution in [-0.4, -0.2) is 25.2 Å². The maximum absolute atomic E-state index is 11.6. The van der Waals surface area contributed by atoms with Crippen LogP contribution in [0.25, 0.3) is 10.9 Å². The van der Waals surface area contributed by atoms with Crippen molar-refractivity contribution in [3.05, 3.63) is 65.9 Å². The molecule has 5 nitrogen and oxygen atoms in total. The molecule has 0 amide bonds. The van der Waals surface area contributed by atoms with Crippen molar-refractivity contribution in [3.8, 4) is 11.5 Å². The van der Waals surface area contributed by atoms with Crippen molar-refractivity contribution in [1.29, 1.82) is 0 Å². The van der Waals surface area contributed by atoms with Gasteiger partial charge in [0.05, 0.1) is 25.3 Å². The Morgan fingerprint density at radius 1 is 1.04 bits per heavy atom. The molecule has 0 unspecified atom stereocenters. The number of para-hydroxylation sites is 1. The van der Waals surface area contributed by atoms with E-state index in [2.05, 4.69) is 4.98 Å². The summed E-state index contributed by atoms with van der Waals surface area (Å²) in [6, 6.07) is 14.8. The molecule has 122 valence electrons. The smallest absolute Gasteiger partial charge is 0.337 e. The van der Waals surface area contributed by atoms with Crippen LogP contribution in [0.4, 0.5) is 0 Å². The summed E-state index contributed by atoms with van der Waals surface area (Å²) >= 11 is 0. The van der Waals surface area contributed by atoms with Gasteiger partial charge in [0.25, 0.3) is 0 Å². The van der Waals surface area contributed by atoms with Gasteiger partial charge in [0.2, 0.25) is 0 Å². The highest BCUT2D eigenvalue weighted by Gasteiger charge is 2.12. The Balaban J connectivity index is 1.84. The zero-order chi connectivity index (χ0) is 16.9. The molecule has 0 spiro atoms. The fourth-order valence-electron chi connectivity index (χ4n) is 2.47. The average molecular weight is 323 g/mol. The lowest BCUT2D eigenvalue weighted by Crippen LogP contribution is -2.03. The van der Waals surface area contributed by atoms with E-state index in [1.807, 2.05) is 30.3 Å². The number of pyridine rings is 1. The van der Waals surface area contributed by atoms with Crippen LogP contribution in [-0.2, 0) is 11.3 Å². The van der Waals surface area contributed by atoms with E-state index in [9.17, 15) is 4.79 Å². The molecule has 2 aromatic carbocycles. The molecular weight excluding hydrogens is 306 g/mol. The molecule has 0 aliphatic rings. The molecule has 5 heteroatoms. The van der Waals surface area contributed by atoms with Crippen molar-refractivity contribution in [2.45, 2.75) is 6.61 Å². The molecule has 1 aromatic heterocycles. The van der Waals surface area contributed by atoms with Crippen LogP contribution in [0.5, 0.6) is 11.5 Å². The molecule has 24 heavy (non-hydrogen) atoms. The lowest BCUT2D eigenvalue weighted by Gasteiger charge is -2.12. The fraction of sp³-hybridized carbons (Fsp3) is 0.158. The molecule has 3 rings (SSSR count). The van der Waals surface area contributed by atoms with Gasteiger partial charge in [-0.05, 0) is 24.3 Å². The second kappa shape index (κ2) is 7.00. The van der Waals surface area contributed by atoms with E-state index in [4.69, 9.17) is 14.2 Å². The van der Waals surface area contributed by atoms with Crippen LogP contribution in [0, 0.1) is 0 Å². The van der Waals surface area contributed by atoms with Crippen LogP contribution < -0.4 is 9.47 Å². The van der Waals surface area contributed by atoms with Crippen molar-refractivity contribution in [2.24, 2.45) is 0 Å². The van der Waals surface area contributed by atoms with Crippen molar-refractivity contribution in [1.82, 2.24) is 4.98 Å². The number of hydrogen-bond acceptors (Lipinski definition) is 5. The predicted molar refractivity (Wildman–Crippen MR) is 90.4 cm³/mol. The van der Waals surface area contributed by atoms with Crippen LogP contribution in [0.15, 0.2) is 54.7 Å². The van der Waals surface area contributed by atoms with Crippen LogP contribution in [0.1, 0.15) is 15.9 Å². The SMILES string of the molecule is COC(=O)c1ccc(OCc2cccc3cccnc23)c(OC)c1. The molecule has 0 bridgehead atoms. The van der Waals surface area contributed by atoms with E-state index in [0.29, 0.717) is 23.7 Å². The largest absolute Gasteiger partial charge is 0.493 e. The van der Waals surface area contributed by atoms with Gasteiger partial charge in [0.15, 0.2) is 11.5 Å². The number of aromatic nitrogens is 1. The molecule has 0 fully saturated rings. The average Bonchev–Trinajstić information content (AvgIpc) is 2.65. The van der Waals surface area contributed by atoms with Crippen molar-refractivity contribution in [2.75, 3.05) is 14.2 Å². The Bertz CT molecular complexity index is 871. The minimum Gasteiger partial charge on any atom is -0.493 e. The minimum absolute atomic E-state index is 0.349. The molecule has 0 radical (unpaired) electrons. The summed E-state index contributed by atoms with van der Waals surface area (Å²) in [5.41, 5.74) is 2.30. The second-order valence-electron chi connectivity index (χ2n) is 5.14. The van der Waals surface area contributed by atoms with E-state index >= 15 is 0 Å². The van der Waals surface area contributed by atoms with Crippen LogP contribution >= 0.6 is 0 Å². The number of carbonyl (C=O) groups excluding carboxylic acids is 1.